The van der Waals surface area contributed by atoms with Gasteiger partial charge in [0.15, 0.2) is 0 Å². The first kappa shape index (κ1) is 21.7. The van der Waals surface area contributed by atoms with Crippen LogP contribution in [-0.4, -0.2) is 45.7 Å². The van der Waals surface area contributed by atoms with Gasteiger partial charge in [0.2, 0.25) is 5.91 Å². The van der Waals surface area contributed by atoms with Crippen LogP contribution in [0.2, 0.25) is 0 Å². The Morgan fingerprint density at radius 2 is 2.03 bits per heavy atom. The fourth-order valence-electron chi connectivity index (χ4n) is 4.26. The summed E-state index contributed by atoms with van der Waals surface area (Å²) in [5.41, 5.74) is 0.164. The lowest BCUT2D eigenvalue weighted by molar-refractivity contribution is -0.121. The number of nitrogens with zero attached hydrogens (tertiary/aromatic N) is 1. The first-order valence-corrected chi connectivity index (χ1v) is 12.3. The zero-order chi connectivity index (χ0) is 23.1. The third-order valence-electron chi connectivity index (χ3n) is 6.18. The van der Waals surface area contributed by atoms with Crippen molar-refractivity contribution < 1.29 is 27.4 Å². The average Bonchev–Trinajstić information content (AvgIpc) is 3.48. The number of methoxy groups -OCH3 is 1. The molecule has 1 atom stereocenters. The van der Waals surface area contributed by atoms with Gasteiger partial charge in [-0.05, 0) is 55.3 Å². The lowest BCUT2D eigenvalue weighted by atomic mass is 9.94. The number of aromatic nitrogens is 1. The van der Waals surface area contributed by atoms with Gasteiger partial charge in [0.1, 0.15) is 17.6 Å². The van der Waals surface area contributed by atoms with Gasteiger partial charge in [0, 0.05) is 23.6 Å². The fraction of sp³-hybridized carbons (Fsp3) is 0.333. The third-order valence-corrected chi connectivity index (χ3v) is 7.57. The van der Waals surface area contributed by atoms with Crippen LogP contribution in [0.4, 0.5) is 0 Å². The Morgan fingerprint density at radius 1 is 1.18 bits per heavy atom. The Labute approximate surface area is 191 Å². The predicted octanol–water partition coefficient (Wildman–Crippen LogP) is 2.95. The van der Waals surface area contributed by atoms with Crippen molar-refractivity contribution in [3.8, 4) is 11.5 Å². The maximum atomic E-state index is 13.4. The van der Waals surface area contributed by atoms with Crippen LogP contribution in [-0.2, 0) is 25.0 Å². The molecule has 1 aliphatic heterocycles. The molecule has 1 unspecified atom stereocenters. The molecule has 0 radical (unpaired) electrons. The zero-order valence-electron chi connectivity index (χ0n) is 18.1. The van der Waals surface area contributed by atoms with E-state index < -0.39 is 21.3 Å². The van der Waals surface area contributed by atoms with Crippen molar-refractivity contribution in [1.82, 2.24) is 9.71 Å². The van der Waals surface area contributed by atoms with E-state index in [-0.39, 0.29) is 11.0 Å². The summed E-state index contributed by atoms with van der Waals surface area (Å²) in [6.07, 6.45) is 3.37. The molecule has 172 valence electrons. The number of pyridine rings is 1. The Hall–Kier alpha value is -3.17. The van der Waals surface area contributed by atoms with Crippen molar-refractivity contribution in [2.24, 2.45) is 0 Å². The predicted molar refractivity (Wildman–Crippen MR) is 121 cm³/mol. The minimum absolute atomic E-state index is 0.0162. The number of hydrogen-bond acceptors (Lipinski definition) is 7. The number of nitrogens with one attached hydrogen (secondary N) is 1. The van der Waals surface area contributed by atoms with E-state index in [0.29, 0.717) is 54.0 Å². The molecule has 0 bridgehead atoms. The Bertz CT molecular complexity index is 1310. The zero-order valence-corrected chi connectivity index (χ0v) is 18.9. The molecule has 1 N–H and O–H groups in total. The Kier molecular flexibility index (Phi) is 5.46. The third kappa shape index (κ3) is 4.02. The second-order valence-electron chi connectivity index (χ2n) is 8.31. The molecule has 3 aromatic rings. The maximum absolute atomic E-state index is 13.4. The van der Waals surface area contributed by atoms with Crippen LogP contribution in [0.1, 0.15) is 24.8 Å². The molecule has 9 heteroatoms. The van der Waals surface area contributed by atoms with Crippen LogP contribution in [0.25, 0.3) is 10.9 Å². The summed E-state index contributed by atoms with van der Waals surface area (Å²) in [6, 6.07) is 13.5. The van der Waals surface area contributed by atoms with Gasteiger partial charge in [0.25, 0.3) is 10.0 Å². The highest BCUT2D eigenvalue weighted by molar-refractivity contribution is 7.90. The first-order chi connectivity index (χ1) is 15.9. The van der Waals surface area contributed by atoms with Crippen LogP contribution in [0, 0.1) is 0 Å². The second-order valence-corrected chi connectivity index (χ2v) is 9.96. The summed E-state index contributed by atoms with van der Waals surface area (Å²) in [4.78, 5) is 17.6. The van der Waals surface area contributed by atoms with Gasteiger partial charge < -0.3 is 14.2 Å². The summed E-state index contributed by atoms with van der Waals surface area (Å²) >= 11 is 0. The number of carbonyl (C=O) groups excluding carboxylic acids is 1. The summed E-state index contributed by atoms with van der Waals surface area (Å²) in [6.45, 7) is 1.17. The number of ether oxygens (including phenoxy) is 3. The lowest BCUT2D eigenvalue weighted by Crippen LogP contribution is -2.39. The van der Waals surface area contributed by atoms with Crippen LogP contribution in [0.3, 0.4) is 0 Å². The molecule has 2 fully saturated rings. The van der Waals surface area contributed by atoms with Gasteiger partial charge in [-0.15, -0.1) is 0 Å². The van der Waals surface area contributed by atoms with Crippen LogP contribution < -0.4 is 14.2 Å². The molecule has 1 aliphatic carbocycles. The van der Waals surface area contributed by atoms with E-state index in [0.717, 1.165) is 6.42 Å². The molecule has 1 aromatic heterocycles. The minimum Gasteiger partial charge on any atom is -0.496 e. The quantitative estimate of drug-likeness (QED) is 0.569. The second kappa shape index (κ2) is 8.31. The molecule has 1 amide bonds. The number of carbonyl (C=O) groups is 1. The van der Waals surface area contributed by atoms with Crippen LogP contribution in [0.15, 0.2) is 59.6 Å². The minimum atomic E-state index is -4.11. The average molecular weight is 469 g/mol. The number of sulfonamides is 1. The van der Waals surface area contributed by atoms with Gasteiger partial charge in [0.05, 0.1) is 36.2 Å². The monoisotopic (exact) mass is 468 g/mol. The molecule has 2 aromatic carbocycles. The Balaban J connectivity index is 1.45. The molecular weight excluding hydrogens is 444 g/mol. The largest absolute Gasteiger partial charge is 0.496 e. The topological polar surface area (TPSA) is 104 Å². The van der Waals surface area contributed by atoms with Gasteiger partial charge >= 0.3 is 0 Å². The molecule has 33 heavy (non-hydrogen) atoms. The van der Waals surface area contributed by atoms with Crippen molar-refractivity contribution in [1.29, 1.82) is 0 Å². The Morgan fingerprint density at radius 3 is 2.76 bits per heavy atom. The summed E-state index contributed by atoms with van der Waals surface area (Å²) in [5.74, 6) is 0.538. The highest BCUT2D eigenvalue weighted by Crippen LogP contribution is 2.52. The molecule has 1 saturated carbocycles. The van der Waals surface area contributed by atoms with Crippen molar-refractivity contribution in [2.75, 3.05) is 20.3 Å². The lowest BCUT2D eigenvalue weighted by Gasteiger charge is -2.21. The fourth-order valence-corrected chi connectivity index (χ4v) is 5.53. The molecule has 1 saturated heterocycles. The van der Waals surface area contributed by atoms with Gasteiger partial charge in [-0.2, -0.15) is 0 Å². The molecule has 5 rings (SSSR count). The normalized spacial score (nSPS) is 19.2. The number of hydrogen-bond donors (Lipinski definition) is 1. The summed E-state index contributed by atoms with van der Waals surface area (Å²) < 4.78 is 45.5. The molecular formula is C24H24N2O6S. The van der Waals surface area contributed by atoms with Crippen molar-refractivity contribution >= 4 is 26.8 Å². The molecule has 0 spiro atoms. The highest BCUT2D eigenvalue weighted by atomic mass is 32.2. The van der Waals surface area contributed by atoms with E-state index in [1.54, 1.807) is 48.7 Å². The van der Waals surface area contributed by atoms with Crippen molar-refractivity contribution in [3.63, 3.8) is 0 Å². The molecule has 8 nitrogen and oxygen atoms in total. The van der Waals surface area contributed by atoms with Gasteiger partial charge in [-0.1, -0.05) is 6.07 Å². The highest BCUT2D eigenvalue weighted by Gasteiger charge is 2.54. The van der Waals surface area contributed by atoms with E-state index in [1.165, 1.54) is 13.2 Å². The summed E-state index contributed by atoms with van der Waals surface area (Å²) in [5, 5.41) is 0.455. The first-order valence-electron chi connectivity index (χ1n) is 10.8. The SMILES string of the molecule is COc1ccc(OC2CCOC2)cc1C1(C(=O)NS(=O)(=O)c2cccc3ncccc23)CC1. The van der Waals surface area contributed by atoms with Gasteiger partial charge in [-0.25, -0.2) is 13.1 Å². The number of rotatable bonds is 7. The summed E-state index contributed by atoms with van der Waals surface area (Å²) in [7, 11) is -2.59. The number of benzene rings is 2. The maximum Gasteiger partial charge on any atom is 0.264 e. The van der Waals surface area contributed by atoms with E-state index in [9.17, 15) is 13.2 Å². The van der Waals surface area contributed by atoms with Crippen LogP contribution in [0.5, 0.6) is 11.5 Å². The van der Waals surface area contributed by atoms with Crippen molar-refractivity contribution in [3.05, 3.63) is 60.3 Å². The van der Waals surface area contributed by atoms with E-state index in [2.05, 4.69) is 9.71 Å². The van der Waals surface area contributed by atoms with Crippen molar-refractivity contribution in [2.45, 2.75) is 35.7 Å². The van der Waals surface area contributed by atoms with E-state index in [1.807, 2.05) is 0 Å². The standard InChI is InChI=1S/C24H24N2O6S/c1-30-21-8-7-16(32-17-9-13-31-15-17)14-19(21)24(10-11-24)23(27)26-33(28,29)22-6-2-5-20-18(22)4-3-12-25-20/h2-8,12,14,17H,9-11,13,15H2,1H3,(H,26,27). The molecule has 2 heterocycles. The van der Waals surface area contributed by atoms with E-state index >= 15 is 0 Å². The van der Waals surface area contributed by atoms with Gasteiger partial charge in [-0.3, -0.25) is 9.78 Å². The van der Waals surface area contributed by atoms with E-state index in [4.69, 9.17) is 14.2 Å². The number of amides is 1. The smallest absolute Gasteiger partial charge is 0.264 e. The molecule has 2 aliphatic rings. The number of fused-ring (bicyclic) bond motifs is 1. The van der Waals surface area contributed by atoms with Crippen LogP contribution >= 0.6 is 0 Å².